The van der Waals surface area contributed by atoms with Crippen LogP contribution in [-0.2, 0) is 17.8 Å². The summed E-state index contributed by atoms with van der Waals surface area (Å²) in [5.74, 6) is 0.912. The standard InChI is InChI=1S/C25H28N6O2S/c1-16-9-13-19(14-10-16)23-28-24(33-30-23)21-22(26)31(29-25(21)34-3)15-20(32)27-17(2)11-12-18-7-5-4-6-8-18/h4-10,13-14,17H,11-12,15,26H2,1-3H3,(H,27,32)/t17-/m1/s1. The van der Waals surface area contributed by atoms with Crippen LogP contribution in [-0.4, -0.2) is 38.1 Å². The minimum Gasteiger partial charge on any atom is -0.383 e. The fourth-order valence-corrected chi connectivity index (χ4v) is 4.19. The van der Waals surface area contributed by atoms with Crippen molar-refractivity contribution in [2.24, 2.45) is 0 Å². The van der Waals surface area contributed by atoms with Gasteiger partial charge < -0.3 is 15.6 Å². The van der Waals surface area contributed by atoms with E-state index < -0.39 is 0 Å². The Labute approximate surface area is 202 Å². The molecule has 34 heavy (non-hydrogen) atoms. The maximum atomic E-state index is 12.7. The van der Waals surface area contributed by atoms with Crippen LogP contribution in [0.15, 0.2) is 64.1 Å². The lowest BCUT2D eigenvalue weighted by atomic mass is 10.1. The van der Waals surface area contributed by atoms with Crippen LogP contribution in [0.2, 0.25) is 0 Å². The first-order valence-electron chi connectivity index (χ1n) is 11.1. The quantitative estimate of drug-likeness (QED) is 0.345. The molecule has 2 aromatic carbocycles. The third-order valence-corrected chi connectivity index (χ3v) is 6.18. The second-order valence-corrected chi connectivity index (χ2v) is 9.00. The van der Waals surface area contributed by atoms with Gasteiger partial charge in [0.25, 0.3) is 5.89 Å². The second-order valence-electron chi connectivity index (χ2n) is 8.21. The van der Waals surface area contributed by atoms with Crippen LogP contribution in [0.1, 0.15) is 24.5 Å². The van der Waals surface area contributed by atoms with Crippen LogP contribution in [0, 0.1) is 6.92 Å². The number of hydrogen-bond acceptors (Lipinski definition) is 7. The first kappa shape index (κ1) is 23.6. The summed E-state index contributed by atoms with van der Waals surface area (Å²) in [6.07, 6.45) is 3.63. The highest BCUT2D eigenvalue weighted by Crippen LogP contribution is 2.34. The third-order valence-electron chi connectivity index (χ3n) is 5.51. The van der Waals surface area contributed by atoms with Crippen molar-refractivity contribution < 1.29 is 9.32 Å². The van der Waals surface area contributed by atoms with E-state index in [-0.39, 0.29) is 24.4 Å². The maximum absolute atomic E-state index is 12.7. The van der Waals surface area contributed by atoms with Crippen molar-refractivity contribution in [3.63, 3.8) is 0 Å². The van der Waals surface area contributed by atoms with E-state index >= 15 is 0 Å². The number of nitrogen functional groups attached to an aromatic ring is 1. The summed E-state index contributed by atoms with van der Waals surface area (Å²) in [7, 11) is 0. The van der Waals surface area contributed by atoms with Crippen LogP contribution in [0.25, 0.3) is 22.8 Å². The van der Waals surface area contributed by atoms with E-state index in [2.05, 4.69) is 32.7 Å². The molecule has 0 aliphatic carbocycles. The molecule has 0 aliphatic rings. The number of nitrogens with one attached hydrogen (secondary N) is 1. The zero-order valence-corrected chi connectivity index (χ0v) is 20.3. The molecular formula is C25H28N6O2S. The molecule has 1 amide bonds. The predicted molar refractivity (Wildman–Crippen MR) is 134 cm³/mol. The van der Waals surface area contributed by atoms with Crippen LogP contribution in [0.5, 0.6) is 0 Å². The number of aryl methyl sites for hydroxylation is 2. The molecule has 9 heteroatoms. The molecule has 0 unspecified atom stereocenters. The molecule has 4 rings (SSSR count). The highest BCUT2D eigenvalue weighted by Gasteiger charge is 2.24. The Bertz CT molecular complexity index is 1250. The molecule has 176 valence electrons. The lowest BCUT2D eigenvalue weighted by molar-refractivity contribution is -0.122. The largest absolute Gasteiger partial charge is 0.383 e. The molecule has 3 N–H and O–H groups in total. The van der Waals surface area contributed by atoms with Crippen LogP contribution in [0.4, 0.5) is 5.82 Å². The average molecular weight is 477 g/mol. The minimum absolute atomic E-state index is 0.00796. The summed E-state index contributed by atoms with van der Waals surface area (Å²) in [4.78, 5) is 17.2. The maximum Gasteiger partial charge on any atom is 0.264 e. The number of aromatic nitrogens is 4. The number of amides is 1. The highest BCUT2D eigenvalue weighted by molar-refractivity contribution is 7.98. The predicted octanol–water partition coefficient (Wildman–Crippen LogP) is 4.35. The van der Waals surface area contributed by atoms with E-state index in [1.807, 2.05) is 62.6 Å². The number of nitrogens with zero attached hydrogens (tertiary/aromatic N) is 4. The van der Waals surface area contributed by atoms with Crippen molar-refractivity contribution in [1.82, 2.24) is 25.2 Å². The SMILES string of the molecule is CSc1nn(CC(=O)N[C@H](C)CCc2ccccc2)c(N)c1-c1nc(-c2ccc(C)cc2)no1. The molecule has 4 aromatic rings. The number of carbonyl (C=O) groups is 1. The molecule has 0 saturated heterocycles. The van der Waals surface area contributed by atoms with Crippen molar-refractivity contribution in [3.05, 3.63) is 65.7 Å². The average Bonchev–Trinajstić information content (AvgIpc) is 3.43. The molecule has 8 nitrogen and oxygen atoms in total. The van der Waals surface area contributed by atoms with Gasteiger partial charge in [-0.2, -0.15) is 10.1 Å². The summed E-state index contributed by atoms with van der Waals surface area (Å²) < 4.78 is 6.99. The number of carbonyl (C=O) groups excluding carboxylic acids is 1. The molecule has 0 saturated carbocycles. The van der Waals surface area contributed by atoms with Crippen LogP contribution < -0.4 is 11.1 Å². The zero-order chi connectivity index (χ0) is 24.1. The smallest absolute Gasteiger partial charge is 0.264 e. The summed E-state index contributed by atoms with van der Waals surface area (Å²) >= 11 is 1.41. The van der Waals surface area contributed by atoms with Gasteiger partial charge in [-0.1, -0.05) is 65.3 Å². The normalized spacial score (nSPS) is 12.0. The fraction of sp³-hybridized carbons (Fsp3) is 0.280. The van der Waals surface area contributed by atoms with E-state index in [0.29, 0.717) is 22.2 Å². The Kier molecular flexibility index (Phi) is 7.32. The van der Waals surface area contributed by atoms with E-state index in [4.69, 9.17) is 10.3 Å². The Morgan fingerprint density at radius 3 is 2.62 bits per heavy atom. The molecule has 0 spiro atoms. The van der Waals surface area contributed by atoms with Crippen molar-refractivity contribution in [3.8, 4) is 22.8 Å². The number of rotatable bonds is 9. The third kappa shape index (κ3) is 5.48. The van der Waals surface area contributed by atoms with Gasteiger partial charge in [-0.05, 0) is 38.5 Å². The summed E-state index contributed by atoms with van der Waals surface area (Å²) in [6, 6.07) is 18.1. The Morgan fingerprint density at radius 2 is 1.91 bits per heavy atom. The molecule has 0 radical (unpaired) electrons. The summed E-state index contributed by atoms with van der Waals surface area (Å²) in [5.41, 5.74) is 10.2. The van der Waals surface area contributed by atoms with Crippen molar-refractivity contribution in [2.75, 3.05) is 12.0 Å². The van der Waals surface area contributed by atoms with E-state index in [0.717, 1.165) is 24.0 Å². The van der Waals surface area contributed by atoms with Crippen LogP contribution >= 0.6 is 11.8 Å². The monoisotopic (exact) mass is 476 g/mol. The first-order valence-corrected chi connectivity index (χ1v) is 12.3. The van der Waals surface area contributed by atoms with E-state index in [9.17, 15) is 4.79 Å². The molecule has 1 atom stereocenters. The molecule has 2 aromatic heterocycles. The number of hydrogen-bond donors (Lipinski definition) is 2. The lowest BCUT2D eigenvalue weighted by Crippen LogP contribution is -2.35. The van der Waals surface area contributed by atoms with E-state index in [1.54, 1.807) is 0 Å². The van der Waals surface area contributed by atoms with Crippen molar-refractivity contribution in [2.45, 2.75) is 44.3 Å². The van der Waals surface area contributed by atoms with Gasteiger partial charge in [-0.3, -0.25) is 4.79 Å². The Morgan fingerprint density at radius 1 is 1.18 bits per heavy atom. The van der Waals surface area contributed by atoms with Crippen molar-refractivity contribution >= 4 is 23.5 Å². The number of thioether (sulfide) groups is 1. The molecule has 0 bridgehead atoms. The number of anilines is 1. The van der Waals surface area contributed by atoms with E-state index in [1.165, 1.54) is 22.0 Å². The first-order chi connectivity index (χ1) is 16.4. The lowest BCUT2D eigenvalue weighted by Gasteiger charge is -2.14. The van der Waals surface area contributed by atoms with Gasteiger partial charge in [0.2, 0.25) is 11.7 Å². The Balaban J connectivity index is 1.44. The fourth-order valence-electron chi connectivity index (χ4n) is 3.62. The molecule has 0 fully saturated rings. The summed E-state index contributed by atoms with van der Waals surface area (Å²) in [6.45, 7) is 4.02. The summed E-state index contributed by atoms with van der Waals surface area (Å²) in [5, 5.41) is 12.3. The van der Waals surface area contributed by atoms with Gasteiger partial charge in [0.05, 0.1) is 0 Å². The van der Waals surface area contributed by atoms with Gasteiger partial charge >= 0.3 is 0 Å². The Hall–Kier alpha value is -3.59. The molecular weight excluding hydrogens is 448 g/mol. The highest BCUT2D eigenvalue weighted by atomic mass is 32.2. The molecule has 0 aliphatic heterocycles. The van der Waals surface area contributed by atoms with Gasteiger partial charge in [0, 0.05) is 11.6 Å². The van der Waals surface area contributed by atoms with Crippen LogP contribution in [0.3, 0.4) is 0 Å². The number of benzene rings is 2. The molecule has 2 heterocycles. The van der Waals surface area contributed by atoms with Gasteiger partial charge in [-0.25, -0.2) is 4.68 Å². The minimum atomic E-state index is -0.153. The van der Waals surface area contributed by atoms with Gasteiger partial charge in [0.15, 0.2) is 0 Å². The van der Waals surface area contributed by atoms with Gasteiger partial charge in [0.1, 0.15) is 23.0 Å². The zero-order valence-electron chi connectivity index (χ0n) is 19.5. The topological polar surface area (TPSA) is 112 Å². The van der Waals surface area contributed by atoms with Crippen molar-refractivity contribution in [1.29, 1.82) is 0 Å². The second kappa shape index (κ2) is 10.6. The number of nitrogens with two attached hydrogens (primary N) is 1. The van der Waals surface area contributed by atoms with Gasteiger partial charge in [-0.15, -0.1) is 11.8 Å².